The minimum absolute atomic E-state index is 0.135. The van der Waals surface area contributed by atoms with Crippen molar-refractivity contribution < 1.29 is 9.90 Å². The summed E-state index contributed by atoms with van der Waals surface area (Å²) in [5.41, 5.74) is 0. The molecule has 0 rings (SSSR count). The van der Waals surface area contributed by atoms with E-state index in [2.05, 4.69) is 5.32 Å². The molecule has 0 spiro atoms. The minimum Gasteiger partial charge on any atom is -0.393 e. The van der Waals surface area contributed by atoms with Gasteiger partial charge in [0.1, 0.15) is 0 Å². The Morgan fingerprint density at radius 1 is 1.31 bits per heavy atom. The molecule has 0 aromatic heterocycles. The zero-order valence-electron chi connectivity index (χ0n) is 11.0. The van der Waals surface area contributed by atoms with E-state index in [1.54, 1.807) is 0 Å². The quantitative estimate of drug-likeness (QED) is 0.654. The highest BCUT2D eigenvalue weighted by molar-refractivity contribution is 5.81. The molecule has 0 aromatic rings. The van der Waals surface area contributed by atoms with E-state index in [1.807, 2.05) is 32.6 Å². The van der Waals surface area contributed by atoms with Crippen molar-refractivity contribution in [3.05, 3.63) is 0 Å². The van der Waals surface area contributed by atoms with Crippen LogP contribution in [-0.4, -0.2) is 47.7 Å². The summed E-state index contributed by atoms with van der Waals surface area (Å²) in [5, 5.41) is 12.5. The molecule has 96 valence electrons. The van der Waals surface area contributed by atoms with E-state index in [1.165, 1.54) is 0 Å². The fourth-order valence-corrected chi connectivity index (χ4v) is 1.57. The third-order valence-electron chi connectivity index (χ3n) is 2.84. The van der Waals surface area contributed by atoms with E-state index in [0.29, 0.717) is 13.0 Å². The molecule has 0 aliphatic carbocycles. The number of nitrogens with zero attached hydrogens (tertiary/aromatic N) is 1. The maximum Gasteiger partial charge on any atom is 0.239 e. The summed E-state index contributed by atoms with van der Waals surface area (Å²) >= 11 is 0. The van der Waals surface area contributed by atoms with Gasteiger partial charge in [-0.2, -0.15) is 0 Å². The number of carbonyl (C=O) groups excluding carboxylic acids is 1. The van der Waals surface area contributed by atoms with Crippen molar-refractivity contribution in [2.75, 3.05) is 19.6 Å². The maximum absolute atomic E-state index is 11.9. The van der Waals surface area contributed by atoms with E-state index in [-0.39, 0.29) is 18.1 Å². The van der Waals surface area contributed by atoms with E-state index in [0.717, 1.165) is 19.5 Å². The van der Waals surface area contributed by atoms with Gasteiger partial charge in [-0.15, -0.1) is 0 Å². The summed E-state index contributed by atoms with van der Waals surface area (Å²) in [4.78, 5) is 13.7. The van der Waals surface area contributed by atoms with Gasteiger partial charge in [-0.3, -0.25) is 4.79 Å². The SMILES string of the molecule is CCC(O)CCNC(C)C(=O)N(CC)CC. The number of aliphatic hydroxyl groups excluding tert-OH is 1. The van der Waals surface area contributed by atoms with Crippen LogP contribution in [0.25, 0.3) is 0 Å². The largest absolute Gasteiger partial charge is 0.393 e. The molecule has 0 aliphatic rings. The highest BCUT2D eigenvalue weighted by Crippen LogP contribution is 1.98. The van der Waals surface area contributed by atoms with Gasteiger partial charge in [-0.25, -0.2) is 0 Å². The van der Waals surface area contributed by atoms with Crippen LogP contribution in [0, 0.1) is 0 Å². The van der Waals surface area contributed by atoms with Crippen LogP contribution in [0.5, 0.6) is 0 Å². The zero-order valence-corrected chi connectivity index (χ0v) is 11.0. The second kappa shape index (κ2) is 8.53. The van der Waals surface area contributed by atoms with Crippen molar-refractivity contribution in [1.82, 2.24) is 10.2 Å². The Labute approximate surface area is 99.0 Å². The molecule has 0 saturated carbocycles. The second-order valence-electron chi connectivity index (χ2n) is 4.04. The summed E-state index contributed by atoms with van der Waals surface area (Å²) in [6.07, 6.45) is 1.20. The summed E-state index contributed by atoms with van der Waals surface area (Å²) in [6, 6.07) is -0.163. The smallest absolute Gasteiger partial charge is 0.239 e. The van der Waals surface area contributed by atoms with Crippen LogP contribution < -0.4 is 5.32 Å². The Kier molecular flexibility index (Phi) is 8.21. The summed E-state index contributed by atoms with van der Waals surface area (Å²) in [6.45, 7) is 9.97. The lowest BCUT2D eigenvalue weighted by atomic mass is 10.2. The first kappa shape index (κ1) is 15.4. The molecular formula is C12H26N2O2. The molecule has 0 bridgehead atoms. The number of aliphatic hydroxyl groups is 1. The van der Waals surface area contributed by atoms with Gasteiger partial charge in [0.25, 0.3) is 0 Å². The summed E-state index contributed by atoms with van der Waals surface area (Å²) < 4.78 is 0. The highest BCUT2D eigenvalue weighted by atomic mass is 16.3. The average molecular weight is 230 g/mol. The maximum atomic E-state index is 11.9. The van der Waals surface area contributed by atoms with Crippen LogP contribution in [0.4, 0.5) is 0 Å². The highest BCUT2D eigenvalue weighted by Gasteiger charge is 2.17. The van der Waals surface area contributed by atoms with Gasteiger partial charge >= 0.3 is 0 Å². The van der Waals surface area contributed by atoms with Crippen molar-refractivity contribution in [3.63, 3.8) is 0 Å². The molecule has 0 saturated heterocycles. The van der Waals surface area contributed by atoms with Gasteiger partial charge in [0.2, 0.25) is 5.91 Å². The Hall–Kier alpha value is -0.610. The number of rotatable bonds is 8. The van der Waals surface area contributed by atoms with Gasteiger partial charge in [-0.05, 0) is 40.2 Å². The lowest BCUT2D eigenvalue weighted by molar-refractivity contribution is -0.132. The number of hydrogen-bond donors (Lipinski definition) is 2. The Balaban J connectivity index is 3.87. The van der Waals surface area contributed by atoms with Crippen LogP contribution >= 0.6 is 0 Å². The molecule has 0 aliphatic heterocycles. The molecule has 4 nitrogen and oxygen atoms in total. The monoisotopic (exact) mass is 230 g/mol. The number of amides is 1. The van der Waals surface area contributed by atoms with E-state index >= 15 is 0 Å². The fraction of sp³-hybridized carbons (Fsp3) is 0.917. The van der Waals surface area contributed by atoms with Crippen LogP contribution in [0.1, 0.15) is 40.5 Å². The molecule has 4 heteroatoms. The first-order chi connectivity index (χ1) is 7.56. The Morgan fingerprint density at radius 2 is 1.88 bits per heavy atom. The topological polar surface area (TPSA) is 52.6 Å². The van der Waals surface area contributed by atoms with E-state index < -0.39 is 0 Å². The third-order valence-corrected chi connectivity index (χ3v) is 2.84. The number of likely N-dealkylation sites (N-methyl/N-ethyl adjacent to an activating group) is 1. The van der Waals surface area contributed by atoms with Gasteiger partial charge in [-0.1, -0.05) is 6.92 Å². The molecular weight excluding hydrogens is 204 g/mol. The van der Waals surface area contributed by atoms with Crippen LogP contribution in [0.2, 0.25) is 0 Å². The predicted octanol–water partition coefficient (Wildman–Crippen LogP) is 0.994. The Bertz CT molecular complexity index is 193. The molecule has 1 amide bonds. The van der Waals surface area contributed by atoms with E-state index in [9.17, 15) is 9.90 Å². The number of carbonyl (C=O) groups is 1. The number of nitrogens with one attached hydrogen (secondary N) is 1. The standard InChI is InChI=1S/C12H26N2O2/c1-5-11(15)8-9-13-10(4)12(16)14(6-2)7-3/h10-11,13,15H,5-9H2,1-4H3. The molecule has 0 radical (unpaired) electrons. The summed E-state index contributed by atoms with van der Waals surface area (Å²) in [7, 11) is 0. The molecule has 2 N–H and O–H groups in total. The van der Waals surface area contributed by atoms with E-state index in [4.69, 9.17) is 0 Å². The Morgan fingerprint density at radius 3 is 2.31 bits per heavy atom. The molecule has 0 aromatic carbocycles. The normalized spacial score (nSPS) is 14.6. The molecule has 2 atom stereocenters. The molecule has 0 fully saturated rings. The number of hydrogen-bond acceptors (Lipinski definition) is 3. The lowest BCUT2D eigenvalue weighted by Gasteiger charge is -2.23. The molecule has 16 heavy (non-hydrogen) atoms. The van der Waals surface area contributed by atoms with Crippen molar-refractivity contribution in [1.29, 1.82) is 0 Å². The van der Waals surface area contributed by atoms with Gasteiger partial charge in [0, 0.05) is 13.1 Å². The summed E-state index contributed by atoms with van der Waals surface area (Å²) in [5.74, 6) is 0.135. The zero-order chi connectivity index (χ0) is 12.6. The van der Waals surface area contributed by atoms with Crippen LogP contribution in [0.3, 0.4) is 0 Å². The van der Waals surface area contributed by atoms with Crippen molar-refractivity contribution in [2.24, 2.45) is 0 Å². The molecule has 0 heterocycles. The van der Waals surface area contributed by atoms with Crippen molar-refractivity contribution in [3.8, 4) is 0 Å². The lowest BCUT2D eigenvalue weighted by Crippen LogP contribution is -2.45. The van der Waals surface area contributed by atoms with Gasteiger partial charge in [0.05, 0.1) is 12.1 Å². The van der Waals surface area contributed by atoms with Crippen molar-refractivity contribution in [2.45, 2.75) is 52.7 Å². The predicted molar refractivity (Wildman–Crippen MR) is 66.3 cm³/mol. The first-order valence-electron chi connectivity index (χ1n) is 6.26. The van der Waals surface area contributed by atoms with Gasteiger partial charge in [0.15, 0.2) is 0 Å². The fourth-order valence-electron chi connectivity index (χ4n) is 1.57. The van der Waals surface area contributed by atoms with Gasteiger partial charge < -0.3 is 15.3 Å². The third kappa shape index (κ3) is 5.47. The average Bonchev–Trinajstić information content (AvgIpc) is 2.29. The van der Waals surface area contributed by atoms with Crippen molar-refractivity contribution >= 4 is 5.91 Å². The van der Waals surface area contributed by atoms with Crippen LogP contribution in [-0.2, 0) is 4.79 Å². The second-order valence-corrected chi connectivity index (χ2v) is 4.04. The van der Waals surface area contributed by atoms with Crippen LogP contribution in [0.15, 0.2) is 0 Å². The molecule has 2 unspecified atom stereocenters. The minimum atomic E-state index is -0.261. The first-order valence-corrected chi connectivity index (χ1v) is 6.26.